The van der Waals surface area contributed by atoms with E-state index in [2.05, 4.69) is 4.98 Å². The molecule has 1 aromatic carbocycles. The van der Waals surface area contributed by atoms with Gasteiger partial charge in [-0.15, -0.1) is 0 Å². The summed E-state index contributed by atoms with van der Waals surface area (Å²) in [5.41, 5.74) is 0.695. The minimum atomic E-state index is -3.48. The third kappa shape index (κ3) is 3.17. The average molecular weight is 277 g/mol. The Morgan fingerprint density at radius 1 is 1.05 bits per heavy atom. The molecule has 0 radical (unpaired) electrons. The number of hydrogen-bond acceptors (Lipinski definition) is 4. The van der Waals surface area contributed by atoms with E-state index in [4.69, 9.17) is 5.11 Å². The first-order chi connectivity index (χ1) is 8.99. The molecule has 0 unspecified atom stereocenters. The Hall–Kier alpha value is -2.21. The lowest BCUT2D eigenvalue weighted by Gasteiger charge is -2.04. The normalized spacial score (nSPS) is 11.2. The third-order valence-corrected chi connectivity index (χ3v) is 4.27. The molecule has 1 aromatic heterocycles. The fraction of sp³-hybridized carbons (Fsp3) is 0.0769. The first-order valence-corrected chi connectivity index (χ1v) is 7.09. The average Bonchev–Trinajstić information content (AvgIpc) is 2.39. The van der Waals surface area contributed by atoms with Crippen LogP contribution in [0.25, 0.3) is 0 Å². The zero-order chi connectivity index (χ0) is 13.9. The molecule has 6 heteroatoms. The van der Waals surface area contributed by atoms with Gasteiger partial charge in [-0.05, 0) is 42.0 Å². The van der Waals surface area contributed by atoms with Gasteiger partial charge in [-0.1, -0.05) is 0 Å². The molecular formula is C13H11NO4S. The van der Waals surface area contributed by atoms with Gasteiger partial charge in [0, 0.05) is 12.4 Å². The molecule has 0 amide bonds. The van der Waals surface area contributed by atoms with Gasteiger partial charge in [-0.2, -0.15) is 0 Å². The highest BCUT2D eigenvalue weighted by Crippen LogP contribution is 2.16. The molecule has 1 N–H and O–H groups in total. The summed E-state index contributed by atoms with van der Waals surface area (Å²) < 4.78 is 24.2. The van der Waals surface area contributed by atoms with E-state index in [1.165, 1.54) is 36.7 Å². The molecule has 2 rings (SSSR count). The van der Waals surface area contributed by atoms with E-state index in [0.29, 0.717) is 5.56 Å². The molecule has 2 aromatic rings. The van der Waals surface area contributed by atoms with Crippen molar-refractivity contribution in [1.29, 1.82) is 0 Å². The fourth-order valence-electron chi connectivity index (χ4n) is 1.59. The van der Waals surface area contributed by atoms with Crippen LogP contribution in [0.2, 0.25) is 0 Å². The molecule has 1 heterocycles. The summed E-state index contributed by atoms with van der Waals surface area (Å²) in [5.74, 6) is -1.22. The molecule has 19 heavy (non-hydrogen) atoms. The molecule has 0 saturated carbocycles. The van der Waals surface area contributed by atoms with Crippen LogP contribution in [0.4, 0.5) is 0 Å². The highest BCUT2D eigenvalue weighted by Gasteiger charge is 2.15. The van der Waals surface area contributed by atoms with E-state index >= 15 is 0 Å². The van der Waals surface area contributed by atoms with E-state index < -0.39 is 15.8 Å². The minimum Gasteiger partial charge on any atom is -0.478 e. The van der Waals surface area contributed by atoms with E-state index in [-0.39, 0.29) is 16.2 Å². The van der Waals surface area contributed by atoms with E-state index in [1.807, 2.05) is 0 Å². The number of aromatic nitrogens is 1. The van der Waals surface area contributed by atoms with Crippen molar-refractivity contribution in [1.82, 2.24) is 4.98 Å². The van der Waals surface area contributed by atoms with Crippen molar-refractivity contribution in [3.05, 3.63) is 59.9 Å². The maximum Gasteiger partial charge on any atom is 0.335 e. The zero-order valence-corrected chi connectivity index (χ0v) is 10.7. The fourth-order valence-corrected chi connectivity index (χ4v) is 2.94. The molecule has 0 spiro atoms. The van der Waals surface area contributed by atoms with Gasteiger partial charge in [0.15, 0.2) is 9.84 Å². The van der Waals surface area contributed by atoms with Gasteiger partial charge in [-0.25, -0.2) is 13.2 Å². The number of aromatic carboxylic acids is 1. The maximum atomic E-state index is 12.1. The maximum absolute atomic E-state index is 12.1. The van der Waals surface area contributed by atoms with Gasteiger partial charge in [0.1, 0.15) is 0 Å². The van der Waals surface area contributed by atoms with Crippen molar-refractivity contribution >= 4 is 15.8 Å². The zero-order valence-electron chi connectivity index (χ0n) is 9.85. The molecule has 0 fully saturated rings. The lowest BCUT2D eigenvalue weighted by atomic mass is 10.2. The largest absolute Gasteiger partial charge is 0.478 e. The van der Waals surface area contributed by atoms with E-state index in [1.54, 1.807) is 12.1 Å². The van der Waals surface area contributed by atoms with Crippen LogP contribution in [0.15, 0.2) is 53.7 Å². The second kappa shape index (κ2) is 5.19. The molecule has 0 atom stereocenters. The van der Waals surface area contributed by atoms with Crippen LogP contribution in [0.5, 0.6) is 0 Å². The molecule has 0 bridgehead atoms. The Balaban J connectivity index is 2.27. The number of hydrogen-bond donors (Lipinski definition) is 1. The number of benzene rings is 1. The lowest BCUT2D eigenvalue weighted by Crippen LogP contribution is -2.06. The number of carboxylic acids is 1. The van der Waals surface area contributed by atoms with Crippen molar-refractivity contribution in [3.8, 4) is 0 Å². The summed E-state index contributed by atoms with van der Waals surface area (Å²) in [4.78, 5) is 14.6. The van der Waals surface area contributed by atoms with Gasteiger partial charge in [0.05, 0.1) is 16.2 Å². The second-order valence-electron chi connectivity index (χ2n) is 3.94. The standard InChI is InChI=1S/C13H11NO4S/c15-13(16)11-1-3-12(4-2-11)19(17,18)9-10-5-7-14-8-6-10/h1-8H,9H2,(H,15,16). The number of carbonyl (C=O) groups is 1. The molecular weight excluding hydrogens is 266 g/mol. The quantitative estimate of drug-likeness (QED) is 0.920. The number of nitrogens with zero attached hydrogens (tertiary/aromatic N) is 1. The third-order valence-electron chi connectivity index (χ3n) is 2.57. The minimum absolute atomic E-state index is 0.0582. The SMILES string of the molecule is O=C(O)c1ccc(S(=O)(=O)Cc2ccncc2)cc1. The first-order valence-electron chi connectivity index (χ1n) is 5.44. The summed E-state index contributed by atoms with van der Waals surface area (Å²) in [6.45, 7) is 0. The van der Waals surface area contributed by atoms with Gasteiger partial charge in [-0.3, -0.25) is 4.98 Å². The Kier molecular flexibility index (Phi) is 3.62. The van der Waals surface area contributed by atoms with Crippen LogP contribution in [-0.4, -0.2) is 24.5 Å². The topological polar surface area (TPSA) is 84.3 Å². The van der Waals surface area contributed by atoms with Crippen molar-refractivity contribution < 1.29 is 18.3 Å². The predicted octanol–water partition coefficient (Wildman–Crippen LogP) is 1.75. The van der Waals surface area contributed by atoms with Crippen molar-refractivity contribution in [2.24, 2.45) is 0 Å². The number of carboxylic acid groups (broad SMARTS) is 1. The molecule has 0 aliphatic heterocycles. The predicted molar refractivity (Wildman–Crippen MR) is 68.5 cm³/mol. The van der Waals surface area contributed by atoms with Crippen LogP contribution >= 0.6 is 0 Å². The molecule has 5 nitrogen and oxygen atoms in total. The highest BCUT2D eigenvalue weighted by atomic mass is 32.2. The van der Waals surface area contributed by atoms with Crippen molar-refractivity contribution in [2.75, 3.05) is 0 Å². The number of rotatable bonds is 4. The lowest BCUT2D eigenvalue weighted by molar-refractivity contribution is 0.0697. The monoisotopic (exact) mass is 277 g/mol. The van der Waals surface area contributed by atoms with Crippen LogP contribution in [0, 0.1) is 0 Å². The summed E-state index contributed by atoms with van der Waals surface area (Å²) >= 11 is 0. The number of sulfone groups is 1. The van der Waals surface area contributed by atoms with Crippen molar-refractivity contribution in [3.63, 3.8) is 0 Å². The van der Waals surface area contributed by atoms with Gasteiger partial charge >= 0.3 is 5.97 Å². The summed E-state index contributed by atoms with van der Waals surface area (Å²) in [6, 6.07) is 8.43. The summed E-state index contributed by atoms with van der Waals surface area (Å²) in [6.07, 6.45) is 3.05. The Morgan fingerprint density at radius 3 is 2.16 bits per heavy atom. The van der Waals surface area contributed by atoms with Gasteiger partial charge in [0.2, 0.25) is 0 Å². The number of pyridine rings is 1. The summed E-state index contributed by atoms with van der Waals surface area (Å²) in [5, 5.41) is 8.76. The first kappa shape index (κ1) is 13.2. The highest BCUT2D eigenvalue weighted by molar-refractivity contribution is 7.90. The Bertz CT molecular complexity index is 678. The van der Waals surface area contributed by atoms with Gasteiger partial charge < -0.3 is 5.11 Å². The van der Waals surface area contributed by atoms with Crippen molar-refractivity contribution in [2.45, 2.75) is 10.6 Å². The van der Waals surface area contributed by atoms with Crippen LogP contribution in [-0.2, 0) is 15.6 Å². The molecule has 0 aliphatic carbocycles. The van der Waals surface area contributed by atoms with Crippen LogP contribution < -0.4 is 0 Å². The molecule has 0 saturated heterocycles. The van der Waals surface area contributed by atoms with E-state index in [0.717, 1.165) is 0 Å². The smallest absolute Gasteiger partial charge is 0.335 e. The van der Waals surface area contributed by atoms with E-state index in [9.17, 15) is 13.2 Å². The summed E-state index contributed by atoms with van der Waals surface area (Å²) in [7, 11) is -3.48. The van der Waals surface area contributed by atoms with Gasteiger partial charge in [0.25, 0.3) is 0 Å². The molecule has 0 aliphatic rings. The Morgan fingerprint density at radius 2 is 1.63 bits per heavy atom. The Labute approximate surface area is 110 Å². The second-order valence-corrected chi connectivity index (χ2v) is 5.93. The van der Waals surface area contributed by atoms with Crippen LogP contribution in [0.3, 0.4) is 0 Å². The molecule has 98 valence electrons. The van der Waals surface area contributed by atoms with Crippen LogP contribution in [0.1, 0.15) is 15.9 Å².